The van der Waals surface area contributed by atoms with Crippen LogP contribution in [0, 0.1) is 0 Å². The highest BCUT2D eigenvalue weighted by molar-refractivity contribution is 7.80. The summed E-state index contributed by atoms with van der Waals surface area (Å²) in [6, 6.07) is -1.69. The van der Waals surface area contributed by atoms with Crippen molar-refractivity contribution in [1.82, 2.24) is 10.6 Å². The smallest absolute Gasteiger partial charge is 0.326 e. The van der Waals surface area contributed by atoms with Gasteiger partial charge in [-0.05, 0) is 31.4 Å². The molecule has 0 spiro atoms. The largest absolute Gasteiger partial charge is 0.480 e. The third kappa shape index (κ3) is 8.76. The summed E-state index contributed by atoms with van der Waals surface area (Å²) in [6.45, 7) is 1.91. The summed E-state index contributed by atoms with van der Waals surface area (Å²) in [5, 5.41) is 14.1. The van der Waals surface area contributed by atoms with Crippen LogP contribution in [0.5, 0.6) is 0 Å². The quantitative estimate of drug-likeness (QED) is 0.275. The first-order valence-corrected chi connectivity index (χ1v) is 7.15. The molecule has 0 radical (unpaired) electrons. The molecule has 116 valence electrons. The number of carboxylic acids is 1. The van der Waals surface area contributed by atoms with E-state index < -0.39 is 24.0 Å². The molecule has 5 N–H and O–H groups in total. The second kappa shape index (κ2) is 10.5. The Morgan fingerprint density at radius 2 is 1.90 bits per heavy atom. The van der Waals surface area contributed by atoms with Crippen molar-refractivity contribution in [1.29, 1.82) is 0 Å². The third-order valence-corrected chi connectivity index (χ3v) is 2.94. The van der Waals surface area contributed by atoms with Gasteiger partial charge in [0.25, 0.3) is 0 Å². The molecule has 0 fully saturated rings. The maximum Gasteiger partial charge on any atom is 0.326 e. The first kappa shape index (κ1) is 18.7. The highest BCUT2D eigenvalue weighted by Crippen LogP contribution is 2.02. The average Bonchev–Trinajstić information content (AvgIpc) is 2.36. The number of nitrogens with two attached hydrogens (primary N) is 1. The van der Waals surface area contributed by atoms with Gasteiger partial charge in [-0.15, -0.1) is 0 Å². The molecule has 0 bridgehead atoms. The number of hydrogen-bond acceptors (Lipinski definition) is 5. The van der Waals surface area contributed by atoms with Crippen LogP contribution in [0.15, 0.2) is 0 Å². The molecule has 0 aliphatic carbocycles. The monoisotopic (exact) mass is 305 g/mol. The van der Waals surface area contributed by atoms with E-state index in [1.165, 1.54) is 6.92 Å². The third-order valence-electron chi connectivity index (χ3n) is 2.68. The summed E-state index contributed by atoms with van der Waals surface area (Å²) >= 11 is 3.97. The summed E-state index contributed by atoms with van der Waals surface area (Å²) in [5.41, 5.74) is 5.58. The summed E-state index contributed by atoms with van der Waals surface area (Å²) in [6.07, 6.45) is 1.93. The van der Waals surface area contributed by atoms with Gasteiger partial charge in [-0.25, -0.2) is 4.79 Å². The Bertz CT molecular complexity index is 339. The van der Waals surface area contributed by atoms with E-state index in [2.05, 4.69) is 23.3 Å². The van der Waals surface area contributed by atoms with Gasteiger partial charge >= 0.3 is 5.97 Å². The van der Waals surface area contributed by atoms with E-state index in [9.17, 15) is 14.4 Å². The molecule has 0 saturated carbocycles. The number of nitrogens with one attached hydrogen (secondary N) is 2. The number of amides is 2. The number of carboxylic acid groups (broad SMARTS) is 1. The van der Waals surface area contributed by atoms with Gasteiger partial charge in [0.1, 0.15) is 6.04 Å². The molecule has 0 aliphatic rings. The molecule has 2 atom stereocenters. The minimum absolute atomic E-state index is 0.120. The zero-order chi connectivity index (χ0) is 15.5. The zero-order valence-electron chi connectivity index (χ0n) is 11.6. The first-order chi connectivity index (χ1) is 9.38. The van der Waals surface area contributed by atoms with Crippen LogP contribution in [0.4, 0.5) is 0 Å². The number of hydrogen-bond donors (Lipinski definition) is 5. The summed E-state index contributed by atoms with van der Waals surface area (Å²) < 4.78 is 0. The highest BCUT2D eigenvalue weighted by Gasteiger charge is 2.22. The van der Waals surface area contributed by atoms with E-state index in [-0.39, 0.29) is 5.91 Å². The lowest BCUT2D eigenvalue weighted by molar-refractivity contribution is -0.142. The minimum Gasteiger partial charge on any atom is -0.480 e. The van der Waals surface area contributed by atoms with Crippen LogP contribution >= 0.6 is 12.6 Å². The van der Waals surface area contributed by atoms with Crippen LogP contribution in [0.3, 0.4) is 0 Å². The number of rotatable bonds is 10. The summed E-state index contributed by atoms with van der Waals surface area (Å²) in [4.78, 5) is 33.3. The molecule has 8 heteroatoms. The molecule has 0 unspecified atom stereocenters. The Kier molecular flexibility index (Phi) is 9.83. The number of aliphatic carboxylic acids is 1. The molecule has 20 heavy (non-hydrogen) atoms. The van der Waals surface area contributed by atoms with Crippen molar-refractivity contribution in [2.24, 2.45) is 5.73 Å². The lowest BCUT2D eigenvalue weighted by atomic mass is 10.1. The Morgan fingerprint density at radius 3 is 2.40 bits per heavy atom. The first-order valence-electron chi connectivity index (χ1n) is 6.52. The van der Waals surface area contributed by atoms with Gasteiger partial charge < -0.3 is 21.5 Å². The van der Waals surface area contributed by atoms with Gasteiger partial charge in [-0.1, -0.05) is 0 Å². The fourth-order valence-corrected chi connectivity index (χ4v) is 1.82. The standard InChI is InChI=1S/C12H23N3O4S/c1-8(16)14-6-3-2-4-10(12(18)19)15-11(17)9(13)5-7-20/h9-10,20H,2-7,13H2,1H3,(H,14,16)(H,15,17)(H,18,19)/t9-,10-/m0/s1. The van der Waals surface area contributed by atoms with Crippen molar-refractivity contribution in [3.63, 3.8) is 0 Å². The van der Waals surface area contributed by atoms with Crippen LogP contribution in [0.1, 0.15) is 32.6 Å². The predicted octanol–water partition coefficient (Wildman–Crippen LogP) is -0.491. The summed E-state index contributed by atoms with van der Waals surface area (Å²) in [5.74, 6) is -1.22. The molecule has 0 saturated heterocycles. The second-order valence-corrected chi connectivity index (χ2v) is 4.94. The normalized spacial score (nSPS) is 13.3. The van der Waals surface area contributed by atoms with Crippen molar-refractivity contribution in [3.8, 4) is 0 Å². The minimum atomic E-state index is -1.09. The average molecular weight is 305 g/mol. The van der Waals surface area contributed by atoms with E-state index in [0.29, 0.717) is 38.0 Å². The predicted molar refractivity (Wildman–Crippen MR) is 78.5 cm³/mol. The Labute approximate surface area is 124 Å². The molecule has 7 nitrogen and oxygen atoms in total. The molecular formula is C12H23N3O4S. The molecule has 0 aromatic heterocycles. The Balaban J connectivity index is 4.07. The van der Waals surface area contributed by atoms with Crippen LogP contribution in [-0.2, 0) is 14.4 Å². The van der Waals surface area contributed by atoms with E-state index in [1.807, 2.05) is 0 Å². The lowest BCUT2D eigenvalue weighted by Gasteiger charge is -2.17. The van der Waals surface area contributed by atoms with Gasteiger partial charge in [0.15, 0.2) is 0 Å². The topological polar surface area (TPSA) is 122 Å². The van der Waals surface area contributed by atoms with E-state index >= 15 is 0 Å². The van der Waals surface area contributed by atoms with Crippen LogP contribution < -0.4 is 16.4 Å². The number of thiol groups is 1. The molecule has 2 amide bonds. The van der Waals surface area contributed by atoms with E-state index in [1.54, 1.807) is 0 Å². The maximum atomic E-state index is 11.6. The number of carbonyl (C=O) groups is 3. The fraction of sp³-hybridized carbons (Fsp3) is 0.750. The van der Waals surface area contributed by atoms with Gasteiger partial charge in [0.2, 0.25) is 11.8 Å². The number of carbonyl (C=O) groups excluding carboxylic acids is 2. The van der Waals surface area contributed by atoms with Gasteiger partial charge in [-0.2, -0.15) is 12.6 Å². The Hall–Kier alpha value is -1.28. The SMILES string of the molecule is CC(=O)NCCCC[C@H](NC(=O)[C@@H](N)CCS)C(=O)O. The van der Waals surface area contributed by atoms with Crippen molar-refractivity contribution < 1.29 is 19.5 Å². The van der Waals surface area contributed by atoms with Crippen molar-refractivity contribution in [2.75, 3.05) is 12.3 Å². The second-order valence-electron chi connectivity index (χ2n) is 4.50. The number of unbranched alkanes of at least 4 members (excludes halogenated alkanes) is 1. The summed E-state index contributed by atoms with van der Waals surface area (Å²) in [7, 11) is 0. The lowest BCUT2D eigenvalue weighted by Crippen LogP contribution is -2.48. The highest BCUT2D eigenvalue weighted by atomic mass is 32.1. The van der Waals surface area contributed by atoms with Crippen molar-refractivity contribution in [2.45, 2.75) is 44.7 Å². The molecular weight excluding hydrogens is 282 g/mol. The molecule has 0 aromatic rings. The van der Waals surface area contributed by atoms with Crippen LogP contribution in [-0.4, -0.2) is 47.3 Å². The van der Waals surface area contributed by atoms with Gasteiger partial charge in [0, 0.05) is 13.5 Å². The van der Waals surface area contributed by atoms with E-state index in [4.69, 9.17) is 10.8 Å². The zero-order valence-corrected chi connectivity index (χ0v) is 12.5. The maximum absolute atomic E-state index is 11.6. The van der Waals surface area contributed by atoms with Gasteiger partial charge in [-0.3, -0.25) is 9.59 Å². The van der Waals surface area contributed by atoms with Gasteiger partial charge in [0.05, 0.1) is 6.04 Å². The van der Waals surface area contributed by atoms with Crippen molar-refractivity contribution in [3.05, 3.63) is 0 Å². The molecule has 0 aromatic carbocycles. The molecule has 0 heterocycles. The Morgan fingerprint density at radius 1 is 1.25 bits per heavy atom. The fourth-order valence-electron chi connectivity index (χ4n) is 1.54. The van der Waals surface area contributed by atoms with Crippen molar-refractivity contribution >= 4 is 30.4 Å². The van der Waals surface area contributed by atoms with Crippen LogP contribution in [0.2, 0.25) is 0 Å². The molecule has 0 aliphatic heterocycles. The van der Waals surface area contributed by atoms with Crippen LogP contribution in [0.25, 0.3) is 0 Å². The van der Waals surface area contributed by atoms with E-state index in [0.717, 1.165) is 0 Å². The molecule has 0 rings (SSSR count).